The van der Waals surface area contributed by atoms with Crippen molar-refractivity contribution in [3.8, 4) is 17.2 Å². The lowest BCUT2D eigenvalue weighted by Crippen LogP contribution is -2.00. The summed E-state index contributed by atoms with van der Waals surface area (Å²) in [5.41, 5.74) is 0.741. The second kappa shape index (κ2) is 7.08. The van der Waals surface area contributed by atoms with E-state index in [4.69, 9.17) is 26.4 Å². The van der Waals surface area contributed by atoms with Gasteiger partial charge in [-0.15, -0.1) is 0 Å². The van der Waals surface area contributed by atoms with E-state index in [1.165, 1.54) is 0 Å². The van der Waals surface area contributed by atoms with Gasteiger partial charge in [0, 0.05) is 18.1 Å². The number of H-pyrrole nitrogens is 1. The SMILES string of the molecule is CCc1n[nH]c(=S)n1/N=C\c1cc(OC)c(OC)cc1OC. The molecule has 1 heterocycles. The number of aromatic amines is 1. The number of hydrogen-bond donors (Lipinski definition) is 1. The Labute approximate surface area is 133 Å². The van der Waals surface area contributed by atoms with E-state index in [0.717, 1.165) is 11.4 Å². The predicted octanol–water partition coefficient (Wildman–Crippen LogP) is 2.41. The quantitative estimate of drug-likeness (QED) is 0.653. The number of benzene rings is 1. The van der Waals surface area contributed by atoms with Crippen molar-refractivity contribution >= 4 is 18.4 Å². The molecule has 0 fully saturated rings. The van der Waals surface area contributed by atoms with Crippen LogP contribution in [-0.4, -0.2) is 42.4 Å². The molecular weight excluding hydrogens is 304 g/mol. The third-order valence-electron chi connectivity index (χ3n) is 3.08. The van der Waals surface area contributed by atoms with Crippen molar-refractivity contribution in [2.75, 3.05) is 21.3 Å². The Hall–Kier alpha value is -2.35. The van der Waals surface area contributed by atoms with Crippen molar-refractivity contribution in [1.82, 2.24) is 14.9 Å². The summed E-state index contributed by atoms with van der Waals surface area (Å²) in [6.45, 7) is 1.98. The minimum absolute atomic E-state index is 0.438. The first-order valence-electron chi connectivity index (χ1n) is 6.65. The van der Waals surface area contributed by atoms with Gasteiger partial charge in [-0.25, -0.2) is 0 Å². The van der Waals surface area contributed by atoms with Crippen LogP contribution >= 0.6 is 12.2 Å². The smallest absolute Gasteiger partial charge is 0.216 e. The Bertz CT molecular complexity index is 736. The minimum atomic E-state index is 0.438. The number of aromatic nitrogens is 3. The van der Waals surface area contributed by atoms with E-state index in [-0.39, 0.29) is 0 Å². The normalized spacial score (nSPS) is 10.9. The molecule has 8 heteroatoms. The number of hydrogen-bond acceptors (Lipinski definition) is 6. The van der Waals surface area contributed by atoms with Gasteiger partial charge in [0.25, 0.3) is 0 Å². The Morgan fingerprint density at radius 2 is 1.82 bits per heavy atom. The standard InChI is InChI=1S/C14H18N4O3S/c1-5-13-16-17-14(22)18(13)15-8-9-6-11(20-3)12(21-4)7-10(9)19-2/h6-8H,5H2,1-4H3,(H,17,22)/b15-8-. The van der Waals surface area contributed by atoms with Gasteiger partial charge in [-0.3, -0.25) is 5.10 Å². The molecule has 0 aliphatic rings. The lowest BCUT2D eigenvalue weighted by atomic mass is 10.2. The van der Waals surface area contributed by atoms with E-state index in [0.29, 0.717) is 28.4 Å². The van der Waals surface area contributed by atoms with Gasteiger partial charge in [0.2, 0.25) is 4.77 Å². The van der Waals surface area contributed by atoms with E-state index < -0.39 is 0 Å². The lowest BCUT2D eigenvalue weighted by molar-refractivity contribution is 0.349. The summed E-state index contributed by atoms with van der Waals surface area (Å²) in [7, 11) is 4.73. The Morgan fingerprint density at radius 3 is 2.41 bits per heavy atom. The van der Waals surface area contributed by atoms with Crippen LogP contribution in [0, 0.1) is 4.77 Å². The molecular formula is C14H18N4O3S. The molecule has 22 heavy (non-hydrogen) atoms. The van der Waals surface area contributed by atoms with Crippen molar-refractivity contribution < 1.29 is 14.2 Å². The van der Waals surface area contributed by atoms with Crippen LogP contribution < -0.4 is 14.2 Å². The van der Waals surface area contributed by atoms with Gasteiger partial charge in [0.05, 0.1) is 27.5 Å². The van der Waals surface area contributed by atoms with Crippen LogP contribution in [0.4, 0.5) is 0 Å². The first kappa shape index (κ1) is 16.0. The van der Waals surface area contributed by atoms with Crippen LogP contribution in [-0.2, 0) is 6.42 Å². The van der Waals surface area contributed by atoms with Crippen LogP contribution in [0.3, 0.4) is 0 Å². The maximum atomic E-state index is 5.36. The molecule has 0 saturated carbocycles. The first-order chi connectivity index (χ1) is 10.6. The molecule has 0 radical (unpaired) electrons. The third-order valence-corrected chi connectivity index (χ3v) is 3.35. The number of aryl methyl sites for hydroxylation is 1. The van der Waals surface area contributed by atoms with E-state index in [1.54, 1.807) is 44.4 Å². The zero-order valence-corrected chi connectivity index (χ0v) is 13.7. The fourth-order valence-corrected chi connectivity index (χ4v) is 2.14. The monoisotopic (exact) mass is 322 g/mol. The summed E-state index contributed by atoms with van der Waals surface area (Å²) in [6.07, 6.45) is 2.36. The first-order valence-corrected chi connectivity index (χ1v) is 7.06. The maximum Gasteiger partial charge on any atom is 0.216 e. The molecule has 2 aromatic rings. The van der Waals surface area contributed by atoms with Crippen LogP contribution in [0.15, 0.2) is 17.2 Å². The molecule has 0 unspecified atom stereocenters. The van der Waals surface area contributed by atoms with E-state index in [2.05, 4.69) is 15.3 Å². The largest absolute Gasteiger partial charge is 0.496 e. The molecule has 0 aliphatic carbocycles. The predicted molar refractivity (Wildman–Crippen MR) is 85.9 cm³/mol. The second-order valence-corrected chi connectivity index (χ2v) is 4.69. The molecule has 0 saturated heterocycles. The van der Waals surface area contributed by atoms with Gasteiger partial charge < -0.3 is 14.2 Å². The number of ether oxygens (including phenoxy) is 3. The van der Waals surface area contributed by atoms with Crippen molar-refractivity contribution in [2.24, 2.45) is 5.10 Å². The highest BCUT2D eigenvalue weighted by Gasteiger charge is 2.11. The maximum absolute atomic E-state index is 5.36. The number of methoxy groups -OCH3 is 3. The molecule has 118 valence electrons. The van der Waals surface area contributed by atoms with Crippen LogP contribution in [0.25, 0.3) is 0 Å². The average molecular weight is 322 g/mol. The number of nitrogens with one attached hydrogen (secondary N) is 1. The van der Waals surface area contributed by atoms with Crippen molar-refractivity contribution in [1.29, 1.82) is 0 Å². The lowest BCUT2D eigenvalue weighted by Gasteiger charge is -2.11. The molecule has 0 atom stereocenters. The van der Waals surface area contributed by atoms with E-state index in [9.17, 15) is 0 Å². The Morgan fingerprint density at radius 1 is 1.18 bits per heavy atom. The van der Waals surface area contributed by atoms with Gasteiger partial charge in [0.15, 0.2) is 17.3 Å². The molecule has 1 N–H and O–H groups in total. The second-order valence-electron chi connectivity index (χ2n) is 4.30. The molecule has 2 rings (SSSR count). The summed E-state index contributed by atoms with van der Waals surface area (Å²) in [4.78, 5) is 0. The summed E-state index contributed by atoms with van der Waals surface area (Å²) in [6, 6.07) is 3.53. The van der Waals surface area contributed by atoms with Gasteiger partial charge in [-0.05, 0) is 18.3 Å². The summed E-state index contributed by atoms with van der Waals surface area (Å²) in [5, 5.41) is 11.2. The zero-order valence-electron chi connectivity index (χ0n) is 12.9. The third kappa shape index (κ3) is 3.11. The molecule has 0 amide bonds. The minimum Gasteiger partial charge on any atom is -0.496 e. The number of nitrogens with zero attached hydrogens (tertiary/aromatic N) is 3. The van der Waals surface area contributed by atoms with Gasteiger partial charge in [-0.2, -0.15) is 14.9 Å². The molecule has 1 aromatic carbocycles. The fraction of sp³-hybridized carbons (Fsp3) is 0.357. The average Bonchev–Trinajstić information content (AvgIpc) is 2.91. The zero-order chi connectivity index (χ0) is 16.1. The van der Waals surface area contributed by atoms with Crippen LogP contribution in [0.2, 0.25) is 0 Å². The van der Waals surface area contributed by atoms with Crippen LogP contribution in [0.5, 0.6) is 17.2 Å². The van der Waals surface area contributed by atoms with Gasteiger partial charge >= 0.3 is 0 Å². The van der Waals surface area contributed by atoms with Gasteiger partial charge in [-0.1, -0.05) is 6.92 Å². The molecule has 0 spiro atoms. The summed E-state index contributed by atoms with van der Waals surface area (Å²) < 4.78 is 17.9. The Kier molecular flexibility index (Phi) is 5.16. The van der Waals surface area contributed by atoms with E-state index >= 15 is 0 Å². The highest BCUT2D eigenvalue weighted by atomic mass is 32.1. The molecule has 0 aliphatic heterocycles. The van der Waals surface area contributed by atoms with E-state index in [1.807, 2.05) is 6.92 Å². The summed E-state index contributed by atoms with van der Waals surface area (Å²) >= 11 is 5.16. The topological polar surface area (TPSA) is 73.7 Å². The van der Waals surface area contributed by atoms with Crippen LogP contribution in [0.1, 0.15) is 18.3 Å². The molecule has 7 nitrogen and oxygen atoms in total. The van der Waals surface area contributed by atoms with Crippen molar-refractivity contribution in [2.45, 2.75) is 13.3 Å². The van der Waals surface area contributed by atoms with Crippen molar-refractivity contribution in [3.63, 3.8) is 0 Å². The van der Waals surface area contributed by atoms with Crippen molar-refractivity contribution in [3.05, 3.63) is 28.3 Å². The molecule has 0 bridgehead atoms. The number of rotatable bonds is 6. The van der Waals surface area contributed by atoms with Gasteiger partial charge in [0.1, 0.15) is 5.75 Å². The highest BCUT2D eigenvalue weighted by Crippen LogP contribution is 2.33. The fourth-order valence-electron chi connectivity index (χ4n) is 1.95. The summed E-state index contributed by atoms with van der Waals surface area (Å²) in [5.74, 6) is 2.55. The highest BCUT2D eigenvalue weighted by molar-refractivity contribution is 7.71. The molecule has 1 aromatic heterocycles. The Balaban J connectivity index is 2.46.